The number of para-hydroxylation sites is 1. The third-order valence-electron chi connectivity index (χ3n) is 6.41. The first-order chi connectivity index (χ1) is 18.6. The second-order valence-electron chi connectivity index (χ2n) is 9.17. The summed E-state index contributed by atoms with van der Waals surface area (Å²) >= 11 is 13.1. The van der Waals surface area contributed by atoms with Gasteiger partial charge >= 0.3 is 0 Å². The molecule has 41 heavy (non-hydrogen) atoms. The number of guanidine groups is 1. The van der Waals surface area contributed by atoms with Gasteiger partial charge in [0.2, 0.25) is 15.9 Å². The van der Waals surface area contributed by atoms with Crippen molar-refractivity contribution in [3.63, 3.8) is 0 Å². The van der Waals surface area contributed by atoms with Crippen molar-refractivity contribution in [2.24, 2.45) is 5.73 Å². The number of nitrogens with two attached hydrogens (primary N) is 1. The van der Waals surface area contributed by atoms with Crippen LogP contribution in [0, 0.1) is 12.3 Å². The lowest BCUT2D eigenvalue weighted by molar-refractivity contribution is -0.124. The van der Waals surface area contributed by atoms with Crippen molar-refractivity contribution in [1.82, 2.24) is 19.9 Å². The van der Waals surface area contributed by atoms with Gasteiger partial charge in [0.05, 0.1) is 5.02 Å². The summed E-state index contributed by atoms with van der Waals surface area (Å²) in [5.74, 6) is -0.0134. The number of sulfonamides is 1. The molecule has 4 rings (SSSR count). The number of hydrogen-bond donors (Lipinski definition) is 4. The summed E-state index contributed by atoms with van der Waals surface area (Å²) in [6.45, 7) is 2.74. The molecule has 1 aliphatic rings. The molecule has 224 valence electrons. The molecular formula is C26H32Cl4N6O4S. The number of nitrogens with zero attached hydrogens (tertiary/aromatic N) is 2. The second-order valence-corrected chi connectivity index (χ2v) is 11.8. The summed E-state index contributed by atoms with van der Waals surface area (Å²) in [6, 6.07) is 11.4. The lowest BCUT2D eigenvalue weighted by Crippen LogP contribution is -2.46. The molecule has 0 spiro atoms. The maximum atomic E-state index is 13.7. The van der Waals surface area contributed by atoms with E-state index in [9.17, 15) is 13.2 Å². The Morgan fingerprint density at radius 2 is 1.88 bits per heavy atom. The molecule has 5 N–H and O–H groups in total. The Morgan fingerprint density at radius 1 is 1.15 bits per heavy atom. The summed E-state index contributed by atoms with van der Waals surface area (Å²) in [7, 11) is -4.12. The Kier molecular flexibility index (Phi) is 12.8. The highest BCUT2D eigenvalue weighted by Gasteiger charge is 2.40. The number of carbonyl (C=O) groups is 1. The minimum atomic E-state index is -4.12. The number of amides is 1. The van der Waals surface area contributed by atoms with E-state index in [2.05, 4.69) is 15.6 Å². The fraction of sp³-hybridized carbons (Fsp3) is 0.346. The number of hydrogen-bond acceptors (Lipinski definition) is 6. The molecule has 0 saturated carbocycles. The molecule has 15 heteroatoms. The van der Waals surface area contributed by atoms with Crippen LogP contribution in [0.3, 0.4) is 0 Å². The van der Waals surface area contributed by atoms with Gasteiger partial charge in [0.25, 0.3) is 0 Å². The lowest BCUT2D eigenvalue weighted by Gasteiger charge is -2.24. The van der Waals surface area contributed by atoms with E-state index in [-0.39, 0.29) is 64.8 Å². The maximum absolute atomic E-state index is 13.7. The van der Waals surface area contributed by atoms with Gasteiger partial charge in [-0.2, -0.15) is 4.31 Å². The number of benzene rings is 2. The Labute approximate surface area is 261 Å². The van der Waals surface area contributed by atoms with Gasteiger partial charge in [0.1, 0.15) is 28.8 Å². The SMILES string of the molecule is Cc1ccc2cccc(OCc3c(Cl)ccc(S(=O)(=O)N4CCC[C@H]4C(=O)NCCCNC(=N)N)c3Cl)c2n1.Cl.Cl. The van der Waals surface area contributed by atoms with Crippen molar-refractivity contribution in [1.29, 1.82) is 5.41 Å². The number of pyridine rings is 1. The molecule has 0 bridgehead atoms. The van der Waals surface area contributed by atoms with Gasteiger partial charge in [0.15, 0.2) is 5.96 Å². The zero-order valence-electron chi connectivity index (χ0n) is 22.2. The number of fused-ring (bicyclic) bond motifs is 1. The molecule has 1 aromatic heterocycles. The average molecular weight is 666 g/mol. The number of aromatic nitrogens is 1. The Balaban J connectivity index is 0.00000294. The summed E-state index contributed by atoms with van der Waals surface area (Å²) < 4.78 is 34.6. The number of nitrogens with one attached hydrogen (secondary N) is 3. The molecule has 0 radical (unpaired) electrons. The number of halogens is 4. The molecule has 10 nitrogen and oxygen atoms in total. The normalized spacial score (nSPS) is 15.0. The first-order valence-corrected chi connectivity index (χ1v) is 14.6. The Bertz CT molecular complexity index is 1510. The van der Waals surface area contributed by atoms with Crippen LogP contribution >= 0.6 is 48.0 Å². The molecule has 1 atom stereocenters. The van der Waals surface area contributed by atoms with Gasteiger partial charge in [-0.15, -0.1) is 24.8 Å². The van der Waals surface area contributed by atoms with Gasteiger partial charge in [-0.25, -0.2) is 13.4 Å². The third-order valence-corrected chi connectivity index (χ3v) is 9.25. The molecule has 1 aliphatic heterocycles. The largest absolute Gasteiger partial charge is 0.487 e. The fourth-order valence-electron chi connectivity index (χ4n) is 4.45. The van der Waals surface area contributed by atoms with E-state index in [4.69, 9.17) is 39.1 Å². The van der Waals surface area contributed by atoms with E-state index in [1.54, 1.807) is 6.07 Å². The molecular weight excluding hydrogens is 634 g/mol. The zero-order chi connectivity index (χ0) is 28.2. The third kappa shape index (κ3) is 8.06. The predicted octanol–water partition coefficient (Wildman–Crippen LogP) is 4.42. The highest BCUT2D eigenvalue weighted by Crippen LogP contribution is 2.36. The topological polar surface area (TPSA) is 150 Å². The van der Waals surface area contributed by atoms with Gasteiger partial charge < -0.3 is 21.1 Å². The van der Waals surface area contributed by atoms with Gasteiger partial charge in [-0.1, -0.05) is 41.4 Å². The van der Waals surface area contributed by atoms with Crippen LogP contribution in [-0.2, 0) is 21.4 Å². The average Bonchev–Trinajstić information content (AvgIpc) is 3.39. The highest BCUT2D eigenvalue weighted by atomic mass is 35.5. The number of aryl methyl sites for hydroxylation is 1. The maximum Gasteiger partial charge on any atom is 0.245 e. The van der Waals surface area contributed by atoms with E-state index in [1.807, 2.05) is 31.2 Å². The van der Waals surface area contributed by atoms with Crippen LogP contribution in [0.4, 0.5) is 0 Å². The van der Waals surface area contributed by atoms with E-state index in [0.717, 1.165) is 11.1 Å². The molecule has 0 unspecified atom stereocenters. The molecule has 1 saturated heterocycles. The van der Waals surface area contributed by atoms with Crippen molar-refractivity contribution < 1.29 is 17.9 Å². The Hall–Kier alpha value is -2.54. The van der Waals surface area contributed by atoms with Crippen LogP contribution < -0.4 is 21.1 Å². The fourth-order valence-corrected chi connectivity index (χ4v) is 6.97. The van der Waals surface area contributed by atoms with Crippen molar-refractivity contribution in [2.45, 2.75) is 43.7 Å². The van der Waals surface area contributed by atoms with Crippen molar-refractivity contribution >= 4 is 80.8 Å². The smallest absolute Gasteiger partial charge is 0.245 e. The second kappa shape index (κ2) is 15.1. The van der Waals surface area contributed by atoms with Gasteiger partial charge in [0, 0.05) is 41.3 Å². The van der Waals surface area contributed by atoms with Crippen LogP contribution in [0.25, 0.3) is 10.9 Å². The first kappa shape index (κ1) is 34.7. The van der Waals surface area contributed by atoms with E-state index in [0.29, 0.717) is 49.2 Å². The van der Waals surface area contributed by atoms with Gasteiger partial charge in [-0.05, 0) is 50.5 Å². The minimum absolute atomic E-state index is 0. The van der Waals surface area contributed by atoms with Crippen molar-refractivity contribution in [3.05, 3.63) is 63.8 Å². The standard InChI is InChI=1S/C26H30Cl2N6O4S.2ClH/c1-16-8-9-17-5-2-7-21(24(17)33-16)38-15-18-19(27)10-11-22(23(18)28)39(36,37)34-14-3-6-20(34)25(35)31-12-4-13-32-26(29)30;;/h2,5,7-11,20H,3-4,6,12-15H2,1H3,(H,31,35)(H4,29,30,32);2*1H/t20-;;/m0../s1. The molecule has 1 amide bonds. The van der Waals surface area contributed by atoms with Crippen LogP contribution in [0.15, 0.2) is 47.4 Å². The monoisotopic (exact) mass is 664 g/mol. The van der Waals surface area contributed by atoms with Crippen LogP contribution in [0.5, 0.6) is 5.75 Å². The van der Waals surface area contributed by atoms with Crippen molar-refractivity contribution in [2.75, 3.05) is 19.6 Å². The minimum Gasteiger partial charge on any atom is -0.487 e. The van der Waals surface area contributed by atoms with E-state index >= 15 is 0 Å². The van der Waals surface area contributed by atoms with E-state index in [1.165, 1.54) is 16.4 Å². The summed E-state index contributed by atoms with van der Waals surface area (Å²) in [5, 5.41) is 13.7. The molecule has 2 aromatic carbocycles. The number of ether oxygens (including phenoxy) is 1. The summed E-state index contributed by atoms with van der Waals surface area (Å²) in [6.07, 6.45) is 1.46. The quantitative estimate of drug-likeness (QED) is 0.142. The molecule has 2 heterocycles. The highest BCUT2D eigenvalue weighted by molar-refractivity contribution is 7.89. The van der Waals surface area contributed by atoms with Crippen LogP contribution in [-0.4, -0.2) is 55.2 Å². The number of carbonyl (C=O) groups excluding carboxylic acids is 1. The lowest BCUT2D eigenvalue weighted by atomic mass is 10.2. The number of rotatable bonds is 10. The predicted molar refractivity (Wildman–Crippen MR) is 166 cm³/mol. The molecule has 0 aliphatic carbocycles. The summed E-state index contributed by atoms with van der Waals surface area (Å²) in [4.78, 5) is 17.3. The van der Waals surface area contributed by atoms with Crippen LogP contribution in [0.2, 0.25) is 10.0 Å². The summed E-state index contributed by atoms with van der Waals surface area (Å²) in [5.41, 5.74) is 7.08. The van der Waals surface area contributed by atoms with Crippen LogP contribution in [0.1, 0.15) is 30.5 Å². The molecule has 3 aromatic rings. The first-order valence-electron chi connectivity index (χ1n) is 12.4. The Morgan fingerprint density at radius 3 is 2.61 bits per heavy atom. The van der Waals surface area contributed by atoms with Crippen molar-refractivity contribution in [3.8, 4) is 5.75 Å². The zero-order valence-corrected chi connectivity index (χ0v) is 26.1. The molecule has 1 fully saturated rings. The van der Waals surface area contributed by atoms with Gasteiger partial charge in [-0.3, -0.25) is 10.2 Å². The van der Waals surface area contributed by atoms with E-state index < -0.39 is 16.1 Å².